The molecular formula is C24H25N5O3. The van der Waals surface area contributed by atoms with Crippen LogP contribution in [0.15, 0.2) is 80.0 Å². The van der Waals surface area contributed by atoms with Crippen LogP contribution in [0.1, 0.15) is 28.8 Å². The number of carbonyl (C=O) groups excluding carboxylic acids is 1. The van der Waals surface area contributed by atoms with Crippen molar-refractivity contribution in [1.29, 1.82) is 0 Å². The molecule has 0 bridgehead atoms. The zero-order valence-corrected chi connectivity index (χ0v) is 17.7. The van der Waals surface area contributed by atoms with Gasteiger partial charge in [-0.15, -0.1) is 0 Å². The first kappa shape index (κ1) is 21.3. The summed E-state index contributed by atoms with van der Waals surface area (Å²) in [4.78, 5) is 25.3. The molecule has 8 nitrogen and oxygen atoms in total. The summed E-state index contributed by atoms with van der Waals surface area (Å²) in [5.74, 6) is 0.951. The van der Waals surface area contributed by atoms with Crippen LogP contribution in [0.2, 0.25) is 0 Å². The highest BCUT2D eigenvalue weighted by molar-refractivity contribution is 6.10. The molecule has 0 aliphatic carbocycles. The minimum Gasteiger partial charge on any atom is -0.494 e. The van der Waals surface area contributed by atoms with Crippen molar-refractivity contribution in [3.63, 3.8) is 0 Å². The highest BCUT2D eigenvalue weighted by Crippen LogP contribution is 2.21. The van der Waals surface area contributed by atoms with Crippen LogP contribution < -0.4 is 9.47 Å². The van der Waals surface area contributed by atoms with E-state index in [4.69, 9.17) is 9.47 Å². The Bertz CT molecular complexity index is 1090. The maximum Gasteiger partial charge on any atom is 0.224 e. The summed E-state index contributed by atoms with van der Waals surface area (Å²) in [6.07, 6.45) is 14.2. The van der Waals surface area contributed by atoms with Gasteiger partial charge in [0.25, 0.3) is 0 Å². The number of pyridine rings is 1. The molecule has 1 aromatic carbocycles. The van der Waals surface area contributed by atoms with E-state index in [2.05, 4.69) is 15.0 Å². The molecule has 0 atom stereocenters. The average molecular weight is 431 g/mol. The summed E-state index contributed by atoms with van der Waals surface area (Å²) in [5.41, 5.74) is 1.01. The van der Waals surface area contributed by atoms with Gasteiger partial charge in [-0.05, 0) is 49.2 Å². The number of hydrogen-bond acceptors (Lipinski definition) is 6. The predicted octanol–water partition coefficient (Wildman–Crippen LogP) is 3.64. The zero-order chi connectivity index (χ0) is 22.0. The van der Waals surface area contributed by atoms with E-state index in [1.54, 1.807) is 55.5 Å². The van der Waals surface area contributed by atoms with E-state index in [0.29, 0.717) is 30.2 Å². The Morgan fingerprint density at radius 1 is 0.812 bits per heavy atom. The molecule has 3 aromatic heterocycles. The summed E-state index contributed by atoms with van der Waals surface area (Å²) in [7, 11) is 0. The van der Waals surface area contributed by atoms with Crippen molar-refractivity contribution in [2.75, 3.05) is 13.2 Å². The lowest BCUT2D eigenvalue weighted by Crippen LogP contribution is -2.09. The molecule has 0 radical (unpaired) electrons. The van der Waals surface area contributed by atoms with Crippen LogP contribution in [0.4, 0.5) is 0 Å². The minimum absolute atomic E-state index is 0.130. The Labute approximate surface area is 186 Å². The number of hydrogen-bond donors (Lipinski definition) is 0. The van der Waals surface area contributed by atoms with Gasteiger partial charge in [0.1, 0.15) is 5.75 Å². The number of benzene rings is 1. The van der Waals surface area contributed by atoms with Gasteiger partial charge in [0.15, 0.2) is 5.78 Å². The van der Waals surface area contributed by atoms with Crippen LogP contribution in [-0.4, -0.2) is 43.1 Å². The second-order valence-corrected chi connectivity index (χ2v) is 7.21. The Morgan fingerprint density at radius 3 is 2.09 bits per heavy atom. The van der Waals surface area contributed by atoms with Crippen molar-refractivity contribution >= 4 is 5.78 Å². The molecule has 0 saturated carbocycles. The molecule has 0 aliphatic rings. The fourth-order valence-electron chi connectivity index (χ4n) is 3.23. The van der Waals surface area contributed by atoms with Crippen LogP contribution in [0.25, 0.3) is 0 Å². The van der Waals surface area contributed by atoms with E-state index in [9.17, 15) is 4.79 Å². The van der Waals surface area contributed by atoms with Gasteiger partial charge in [-0.1, -0.05) is 0 Å². The highest BCUT2D eigenvalue weighted by Gasteiger charge is 2.16. The van der Waals surface area contributed by atoms with E-state index >= 15 is 0 Å². The van der Waals surface area contributed by atoms with Crippen molar-refractivity contribution in [3.05, 3.63) is 91.2 Å². The number of ketones is 1. The molecule has 0 saturated heterocycles. The summed E-state index contributed by atoms with van der Waals surface area (Å²) < 4.78 is 15.6. The minimum atomic E-state index is -0.130. The number of nitrogens with zero attached hydrogens (tertiary/aromatic N) is 5. The number of aromatic nitrogens is 5. The molecule has 4 rings (SSSR count). The van der Waals surface area contributed by atoms with Crippen molar-refractivity contribution in [2.45, 2.75) is 25.9 Å². The molecule has 8 heteroatoms. The molecule has 4 aromatic rings. The van der Waals surface area contributed by atoms with Gasteiger partial charge in [-0.2, -0.15) is 0 Å². The molecular weight excluding hydrogens is 406 g/mol. The van der Waals surface area contributed by atoms with Crippen molar-refractivity contribution in [1.82, 2.24) is 24.1 Å². The third-order valence-corrected chi connectivity index (χ3v) is 4.88. The van der Waals surface area contributed by atoms with Gasteiger partial charge in [0, 0.05) is 49.6 Å². The quantitative estimate of drug-likeness (QED) is 0.252. The first-order chi connectivity index (χ1) is 15.8. The van der Waals surface area contributed by atoms with Crippen molar-refractivity contribution in [2.24, 2.45) is 0 Å². The lowest BCUT2D eigenvalue weighted by atomic mass is 10.0. The van der Waals surface area contributed by atoms with Gasteiger partial charge in [0.2, 0.25) is 5.88 Å². The number of aryl methyl sites for hydroxylation is 2. The first-order valence-corrected chi connectivity index (χ1v) is 10.6. The number of carbonyl (C=O) groups is 1. The summed E-state index contributed by atoms with van der Waals surface area (Å²) in [6, 6.07) is 10.6. The molecule has 0 fully saturated rings. The summed E-state index contributed by atoms with van der Waals surface area (Å²) >= 11 is 0. The van der Waals surface area contributed by atoms with Crippen LogP contribution in [0.3, 0.4) is 0 Å². The van der Waals surface area contributed by atoms with E-state index in [0.717, 1.165) is 31.7 Å². The molecule has 3 heterocycles. The topological polar surface area (TPSA) is 84.1 Å². The molecule has 0 aliphatic heterocycles. The normalized spacial score (nSPS) is 10.8. The van der Waals surface area contributed by atoms with E-state index in [1.165, 1.54) is 0 Å². The third kappa shape index (κ3) is 5.81. The monoisotopic (exact) mass is 431 g/mol. The Kier molecular flexibility index (Phi) is 7.25. The van der Waals surface area contributed by atoms with E-state index in [1.807, 2.05) is 33.7 Å². The maximum atomic E-state index is 13.0. The second-order valence-electron chi connectivity index (χ2n) is 7.21. The largest absolute Gasteiger partial charge is 0.494 e. The van der Waals surface area contributed by atoms with Crippen molar-refractivity contribution in [3.8, 4) is 11.6 Å². The van der Waals surface area contributed by atoms with Crippen molar-refractivity contribution < 1.29 is 14.3 Å². The molecule has 0 N–H and O–H groups in total. The number of rotatable bonds is 12. The standard InChI is InChI=1S/C24H25N5O3/c30-23(20-5-7-21(8-6-20)31-16-2-12-28-14-10-25-18-28)22-4-1-9-27-24(22)32-17-3-13-29-15-11-26-19-29/h1,4-11,14-15,18-19H,2-3,12-13,16-17H2. The summed E-state index contributed by atoms with van der Waals surface area (Å²) in [5, 5.41) is 0. The fourth-order valence-corrected chi connectivity index (χ4v) is 3.23. The zero-order valence-electron chi connectivity index (χ0n) is 17.7. The van der Waals surface area contributed by atoms with Gasteiger partial charge >= 0.3 is 0 Å². The first-order valence-electron chi connectivity index (χ1n) is 10.6. The SMILES string of the molecule is O=C(c1ccc(OCCCn2ccnc2)cc1)c1cccnc1OCCCn1ccnc1. The van der Waals surface area contributed by atoms with Crippen LogP contribution >= 0.6 is 0 Å². The van der Waals surface area contributed by atoms with Gasteiger partial charge in [-0.25, -0.2) is 15.0 Å². The maximum absolute atomic E-state index is 13.0. The lowest BCUT2D eigenvalue weighted by Gasteiger charge is -2.11. The second kappa shape index (κ2) is 10.9. The van der Waals surface area contributed by atoms with E-state index < -0.39 is 0 Å². The highest BCUT2D eigenvalue weighted by atomic mass is 16.5. The van der Waals surface area contributed by atoms with Gasteiger partial charge < -0.3 is 18.6 Å². The molecule has 0 amide bonds. The fraction of sp³-hybridized carbons (Fsp3) is 0.250. The molecule has 0 unspecified atom stereocenters. The number of imidazole rings is 2. The Morgan fingerprint density at radius 2 is 1.47 bits per heavy atom. The average Bonchev–Trinajstić information content (AvgIpc) is 3.54. The van der Waals surface area contributed by atoms with E-state index in [-0.39, 0.29) is 5.78 Å². The van der Waals surface area contributed by atoms with Crippen LogP contribution in [0.5, 0.6) is 11.6 Å². The third-order valence-electron chi connectivity index (χ3n) is 4.88. The Balaban J connectivity index is 1.29. The molecule has 32 heavy (non-hydrogen) atoms. The van der Waals surface area contributed by atoms with Gasteiger partial charge in [0.05, 0.1) is 31.4 Å². The lowest BCUT2D eigenvalue weighted by molar-refractivity contribution is 0.103. The Hall–Kier alpha value is -3.94. The predicted molar refractivity (Wildman–Crippen MR) is 119 cm³/mol. The summed E-state index contributed by atoms with van der Waals surface area (Å²) in [6.45, 7) is 2.69. The van der Waals surface area contributed by atoms with Crippen LogP contribution in [-0.2, 0) is 13.1 Å². The molecule has 0 spiro atoms. The van der Waals surface area contributed by atoms with Crippen LogP contribution in [0, 0.1) is 0 Å². The molecule has 164 valence electrons. The number of ether oxygens (including phenoxy) is 2. The van der Waals surface area contributed by atoms with Gasteiger partial charge in [-0.3, -0.25) is 4.79 Å². The smallest absolute Gasteiger partial charge is 0.224 e.